The number of hydrogen-bond donors (Lipinski definition) is 0. The molecule has 0 aliphatic rings. The van der Waals surface area contributed by atoms with Gasteiger partial charge in [0.1, 0.15) is 5.75 Å². The molecule has 2 aromatic heterocycles. The van der Waals surface area contributed by atoms with Crippen molar-refractivity contribution in [3.8, 4) is 22.8 Å². The summed E-state index contributed by atoms with van der Waals surface area (Å²) < 4.78 is 12.9. The summed E-state index contributed by atoms with van der Waals surface area (Å²) in [5.41, 5.74) is 3.09. The molecule has 0 amide bonds. The third kappa shape index (κ3) is 4.20. The van der Waals surface area contributed by atoms with E-state index in [2.05, 4.69) is 10.1 Å². The zero-order valence-electron chi connectivity index (χ0n) is 18.8. The van der Waals surface area contributed by atoms with Gasteiger partial charge in [0.25, 0.3) is 5.56 Å². The van der Waals surface area contributed by atoms with E-state index in [0.29, 0.717) is 45.9 Å². The first kappa shape index (κ1) is 21.9. The standard InChI is InChI=1S/C26H22N4O3S/c1-3-32-22-15-9-6-12-19(22)24-28-23(33-29-24)16-34-26-27-20-13-7-5-11-18(20)25(31)30(26)21-14-8-4-10-17(21)2/h4-15H,3,16H2,1-2H3. The molecule has 7 nitrogen and oxygen atoms in total. The van der Waals surface area contributed by atoms with Crippen LogP contribution in [0.25, 0.3) is 28.0 Å². The molecule has 8 heteroatoms. The van der Waals surface area contributed by atoms with Crippen molar-refractivity contribution in [1.29, 1.82) is 0 Å². The van der Waals surface area contributed by atoms with Crippen LogP contribution in [0.4, 0.5) is 0 Å². The van der Waals surface area contributed by atoms with Gasteiger partial charge in [0.05, 0.1) is 34.5 Å². The number of aromatic nitrogens is 4. The Hall–Kier alpha value is -3.91. The van der Waals surface area contributed by atoms with Crippen molar-refractivity contribution in [2.75, 3.05) is 6.61 Å². The summed E-state index contributed by atoms with van der Waals surface area (Å²) in [6.45, 7) is 4.45. The van der Waals surface area contributed by atoms with E-state index in [0.717, 1.165) is 16.8 Å². The van der Waals surface area contributed by atoms with Gasteiger partial charge < -0.3 is 9.26 Å². The molecule has 0 fully saturated rings. The third-order valence-corrected chi connectivity index (χ3v) is 6.25. The van der Waals surface area contributed by atoms with E-state index >= 15 is 0 Å². The Kier molecular flexibility index (Phi) is 6.14. The van der Waals surface area contributed by atoms with Crippen LogP contribution in [-0.4, -0.2) is 26.3 Å². The minimum atomic E-state index is -0.112. The van der Waals surface area contributed by atoms with E-state index in [1.54, 1.807) is 10.6 Å². The van der Waals surface area contributed by atoms with E-state index in [9.17, 15) is 4.79 Å². The van der Waals surface area contributed by atoms with Crippen LogP contribution in [-0.2, 0) is 5.75 Å². The summed E-state index contributed by atoms with van der Waals surface area (Å²) in [6, 6.07) is 22.7. The third-order valence-electron chi connectivity index (χ3n) is 5.32. The molecule has 0 spiro atoms. The van der Waals surface area contributed by atoms with Crippen LogP contribution in [0.15, 0.2) is 87.3 Å². The van der Waals surface area contributed by atoms with Gasteiger partial charge in [-0.1, -0.05) is 59.4 Å². The van der Waals surface area contributed by atoms with Crippen molar-refractivity contribution < 1.29 is 9.26 Å². The lowest BCUT2D eigenvalue weighted by Gasteiger charge is -2.14. The zero-order valence-corrected chi connectivity index (χ0v) is 19.6. The Morgan fingerprint density at radius 2 is 1.74 bits per heavy atom. The maximum atomic E-state index is 13.4. The first-order chi connectivity index (χ1) is 16.7. The summed E-state index contributed by atoms with van der Waals surface area (Å²) in [4.78, 5) is 22.8. The Morgan fingerprint density at radius 3 is 2.59 bits per heavy atom. The summed E-state index contributed by atoms with van der Waals surface area (Å²) >= 11 is 1.38. The van der Waals surface area contributed by atoms with Gasteiger partial charge in [0, 0.05) is 0 Å². The number of nitrogens with zero attached hydrogens (tertiary/aromatic N) is 4. The normalized spacial score (nSPS) is 11.1. The fourth-order valence-electron chi connectivity index (χ4n) is 3.72. The van der Waals surface area contributed by atoms with E-state index in [1.807, 2.05) is 80.6 Å². The van der Waals surface area contributed by atoms with Crippen molar-refractivity contribution in [2.45, 2.75) is 24.8 Å². The molecule has 0 atom stereocenters. The molecule has 0 saturated carbocycles. The molecule has 5 aromatic rings. The molecule has 34 heavy (non-hydrogen) atoms. The monoisotopic (exact) mass is 470 g/mol. The molecule has 0 N–H and O–H groups in total. The molecule has 170 valence electrons. The second-order valence-corrected chi connectivity index (χ2v) is 8.51. The zero-order chi connectivity index (χ0) is 23.5. The highest BCUT2D eigenvalue weighted by molar-refractivity contribution is 7.98. The summed E-state index contributed by atoms with van der Waals surface area (Å²) in [5, 5.41) is 5.27. The largest absolute Gasteiger partial charge is 0.493 e. The number of hydrogen-bond acceptors (Lipinski definition) is 7. The van der Waals surface area contributed by atoms with Crippen molar-refractivity contribution in [3.05, 3.63) is 94.6 Å². The maximum Gasteiger partial charge on any atom is 0.266 e. The van der Waals surface area contributed by atoms with Crippen LogP contribution in [0.5, 0.6) is 5.75 Å². The highest BCUT2D eigenvalue weighted by Gasteiger charge is 2.17. The molecule has 0 saturated heterocycles. The molecule has 3 aromatic carbocycles. The van der Waals surface area contributed by atoms with Gasteiger partial charge in [-0.3, -0.25) is 9.36 Å². The van der Waals surface area contributed by atoms with Crippen LogP contribution in [0.2, 0.25) is 0 Å². The average molecular weight is 471 g/mol. The van der Waals surface area contributed by atoms with Crippen molar-refractivity contribution in [2.24, 2.45) is 0 Å². The molecule has 0 aliphatic carbocycles. The second-order valence-electron chi connectivity index (χ2n) is 7.57. The lowest BCUT2D eigenvalue weighted by atomic mass is 10.2. The van der Waals surface area contributed by atoms with Crippen molar-refractivity contribution in [1.82, 2.24) is 19.7 Å². The fourth-order valence-corrected chi connectivity index (χ4v) is 4.56. The predicted molar refractivity (Wildman–Crippen MR) is 133 cm³/mol. The molecule has 0 bridgehead atoms. The molecule has 0 radical (unpaired) electrons. The van der Waals surface area contributed by atoms with E-state index in [-0.39, 0.29) is 5.56 Å². The Balaban J connectivity index is 1.50. The summed E-state index contributed by atoms with van der Waals surface area (Å²) in [7, 11) is 0. The van der Waals surface area contributed by atoms with Crippen LogP contribution >= 0.6 is 11.8 Å². The van der Waals surface area contributed by atoms with E-state index in [1.165, 1.54) is 11.8 Å². The molecule has 5 rings (SSSR count). The van der Waals surface area contributed by atoms with Crippen LogP contribution in [0.1, 0.15) is 18.4 Å². The lowest BCUT2D eigenvalue weighted by Crippen LogP contribution is -2.22. The van der Waals surface area contributed by atoms with Gasteiger partial charge in [0.15, 0.2) is 5.16 Å². The van der Waals surface area contributed by atoms with Crippen LogP contribution in [0, 0.1) is 6.92 Å². The minimum Gasteiger partial charge on any atom is -0.493 e. The summed E-state index contributed by atoms with van der Waals surface area (Å²) in [5.74, 6) is 1.96. The van der Waals surface area contributed by atoms with Crippen LogP contribution in [0.3, 0.4) is 0 Å². The van der Waals surface area contributed by atoms with Gasteiger partial charge >= 0.3 is 0 Å². The number of benzene rings is 3. The number of fused-ring (bicyclic) bond motifs is 1. The summed E-state index contributed by atoms with van der Waals surface area (Å²) in [6.07, 6.45) is 0. The number of ether oxygens (including phenoxy) is 1. The highest BCUT2D eigenvalue weighted by atomic mass is 32.2. The number of thioether (sulfide) groups is 1. The molecular formula is C26H22N4O3S. The topological polar surface area (TPSA) is 83.0 Å². The predicted octanol–water partition coefficient (Wildman–Crippen LogP) is 5.44. The smallest absolute Gasteiger partial charge is 0.266 e. The second kappa shape index (κ2) is 9.52. The van der Waals surface area contributed by atoms with E-state index in [4.69, 9.17) is 14.2 Å². The Labute approximate surface area is 200 Å². The first-order valence-electron chi connectivity index (χ1n) is 10.9. The van der Waals surface area contributed by atoms with Crippen molar-refractivity contribution in [3.63, 3.8) is 0 Å². The van der Waals surface area contributed by atoms with Crippen molar-refractivity contribution >= 4 is 22.7 Å². The van der Waals surface area contributed by atoms with Gasteiger partial charge in [-0.05, 0) is 49.7 Å². The van der Waals surface area contributed by atoms with Gasteiger partial charge in [-0.2, -0.15) is 4.98 Å². The maximum absolute atomic E-state index is 13.4. The lowest BCUT2D eigenvalue weighted by molar-refractivity contribution is 0.341. The first-order valence-corrected chi connectivity index (χ1v) is 11.9. The van der Waals surface area contributed by atoms with Gasteiger partial charge in [0.2, 0.25) is 11.7 Å². The Morgan fingerprint density at radius 1 is 0.971 bits per heavy atom. The quantitative estimate of drug-likeness (QED) is 0.231. The molecule has 0 aliphatic heterocycles. The van der Waals surface area contributed by atoms with Gasteiger partial charge in [-0.25, -0.2) is 4.98 Å². The Bertz CT molecular complexity index is 1530. The SMILES string of the molecule is CCOc1ccccc1-c1noc(CSc2nc3ccccc3c(=O)n2-c2ccccc2C)n1. The molecule has 2 heterocycles. The average Bonchev–Trinajstić information content (AvgIpc) is 3.33. The number of rotatable bonds is 7. The number of para-hydroxylation sites is 3. The van der Waals surface area contributed by atoms with E-state index < -0.39 is 0 Å². The van der Waals surface area contributed by atoms with Gasteiger partial charge in [-0.15, -0.1) is 0 Å². The molecule has 0 unspecified atom stereocenters. The fraction of sp³-hybridized carbons (Fsp3) is 0.154. The van der Waals surface area contributed by atoms with Crippen LogP contribution < -0.4 is 10.3 Å². The molecular weight excluding hydrogens is 448 g/mol. The highest BCUT2D eigenvalue weighted by Crippen LogP contribution is 2.29. The minimum absolute atomic E-state index is 0.112. The number of aryl methyl sites for hydroxylation is 1.